The van der Waals surface area contributed by atoms with Gasteiger partial charge in [0.15, 0.2) is 0 Å². The zero-order chi connectivity index (χ0) is 11.0. The Hall–Kier alpha value is -2.17. The molecule has 0 saturated heterocycles. The lowest BCUT2D eigenvalue weighted by molar-refractivity contribution is 0.0993. The minimum atomic E-state index is -0.535. The fourth-order valence-corrected chi connectivity index (χ4v) is 1.75. The maximum absolute atomic E-state index is 11.2. The van der Waals surface area contributed by atoms with Crippen molar-refractivity contribution in [3.05, 3.63) is 29.7 Å². The highest BCUT2D eigenvalue weighted by atomic mass is 16.1. The van der Waals surface area contributed by atoms with Gasteiger partial charge in [0.05, 0.1) is 11.7 Å². The van der Waals surface area contributed by atoms with Crippen molar-refractivity contribution in [3.63, 3.8) is 0 Å². The molecule has 0 bridgehead atoms. The second kappa shape index (κ2) is 3.20. The summed E-state index contributed by atoms with van der Waals surface area (Å²) in [4.78, 5) is 15.2. The van der Waals surface area contributed by atoms with Gasteiger partial charge < -0.3 is 15.7 Å². The van der Waals surface area contributed by atoms with E-state index in [2.05, 4.69) is 4.98 Å². The number of pyridine rings is 1. The van der Waals surface area contributed by atoms with Gasteiger partial charge in [-0.15, -0.1) is 0 Å². The number of carbonyl (C=O) groups is 1. The van der Waals surface area contributed by atoms with Crippen LogP contribution in [0.15, 0.2) is 18.5 Å². The van der Waals surface area contributed by atoms with Crippen molar-refractivity contribution < 1.29 is 4.79 Å². The summed E-state index contributed by atoms with van der Waals surface area (Å²) in [7, 11) is 1.73. The lowest BCUT2D eigenvalue weighted by atomic mass is 10.2. The van der Waals surface area contributed by atoms with Crippen molar-refractivity contribution in [3.8, 4) is 0 Å². The minimum absolute atomic E-state index is 0.341. The molecule has 2 heterocycles. The standard InChI is InChI=1S/C10H10N4O/c1-14-8-5-13-3-2-6(8)7(4-11)9(14)10(12)15/h2-5,11H,1H3,(H2,12,15). The molecule has 2 rings (SSSR count). The highest BCUT2D eigenvalue weighted by Gasteiger charge is 2.16. The number of carbonyl (C=O) groups excluding carboxylic acids is 1. The molecule has 0 aliphatic heterocycles. The van der Waals surface area contributed by atoms with E-state index in [1.165, 1.54) is 0 Å². The van der Waals surface area contributed by atoms with Gasteiger partial charge in [0.1, 0.15) is 5.69 Å². The van der Waals surface area contributed by atoms with E-state index in [1.807, 2.05) is 0 Å². The normalized spacial score (nSPS) is 10.5. The molecule has 0 aliphatic carbocycles. The third-order valence-electron chi connectivity index (χ3n) is 2.42. The second-order valence-corrected chi connectivity index (χ2v) is 3.22. The number of hydrogen-bond donors (Lipinski definition) is 2. The molecular weight excluding hydrogens is 192 g/mol. The van der Waals surface area contributed by atoms with Gasteiger partial charge in [-0.1, -0.05) is 0 Å². The maximum Gasteiger partial charge on any atom is 0.266 e. The van der Waals surface area contributed by atoms with Crippen LogP contribution in [0.1, 0.15) is 16.1 Å². The van der Waals surface area contributed by atoms with E-state index in [0.29, 0.717) is 11.3 Å². The van der Waals surface area contributed by atoms with E-state index < -0.39 is 5.91 Å². The monoisotopic (exact) mass is 202 g/mol. The molecule has 5 nitrogen and oxygen atoms in total. The number of aryl methyl sites for hydroxylation is 1. The van der Waals surface area contributed by atoms with E-state index in [-0.39, 0.29) is 0 Å². The van der Waals surface area contributed by atoms with Crippen LogP contribution in [0.4, 0.5) is 0 Å². The topological polar surface area (TPSA) is 84.8 Å². The molecule has 0 aliphatic rings. The van der Waals surface area contributed by atoms with Gasteiger partial charge in [-0.05, 0) is 6.07 Å². The molecule has 2 aromatic heterocycles. The number of rotatable bonds is 2. The number of aromatic nitrogens is 2. The smallest absolute Gasteiger partial charge is 0.266 e. The number of hydrogen-bond acceptors (Lipinski definition) is 3. The summed E-state index contributed by atoms with van der Waals surface area (Å²) in [6.45, 7) is 0. The molecule has 0 spiro atoms. The van der Waals surface area contributed by atoms with Crippen molar-refractivity contribution in [1.29, 1.82) is 5.41 Å². The van der Waals surface area contributed by atoms with Gasteiger partial charge in [-0.3, -0.25) is 9.78 Å². The number of nitrogens with two attached hydrogens (primary N) is 1. The molecule has 15 heavy (non-hydrogen) atoms. The number of amides is 1. The molecular formula is C10H10N4O. The molecule has 0 atom stereocenters. The average molecular weight is 202 g/mol. The molecule has 3 N–H and O–H groups in total. The Kier molecular flexibility index (Phi) is 2.00. The number of fused-ring (bicyclic) bond motifs is 1. The first-order valence-corrected chi connectivity index (χ1v) is 4.39. The third kappa shape index (κ3) is 1.20. The summed E-state index contributed by atoms with van der Waals surface area (Å²) < 4.78 is 1.66. The van der Waals surface area contributed by atoms with Crippen molar-refractivity contribution in [2.75, 3.05) is 0 Å². The summed E-state index contributed by atoms with van der Waals surface area (Å²) in [5, 5.41) is 8.12. The number of primary amides is 1. The van der Waals surface area contributed by atoms with Crippen LogP contribution >= 0.6 is 0 Å². The van der Waals surface area contributed by atoms with E-state index >= 15 is 0 Å². The van der Waals surface area contributed by atoms with Crippen molar-refractivity contribution in [2.45, 2.75) is 0 Å². The van der Waals surface area contributed by atoms with Crippen LogP contribution < -0.4 is 5.73 Å². The van der Waals surface area contributed by atoms with E-state index in [9.17, 15) is 4.79 Å². The third-order valence-corrected chi connectivity index (χ3v) is 2.42. The predicted molar refractivity (Wildman–Crippen MR) is 57.1 cm³/mol. The average Bonchev–Trinajstić information content (AvgIpc) is 2.52. The Morgan fingerprint density at radius 3 is 3.00 bits per heavy atom. The van der Waals surface area contributed by atoms with Gasteiger partial charge in [-0.2, -0.15) is 0 Å². The van der Waals surface area contributed by atoms with E-state index in [4.69, 9.17) is 11.1 Å². The summed E-state index contributed by atoms with van der Waals surface area (Å²) in [5.41, 5.74) is 6.95. The maximum atomic E-state index is 11.2. The molecule has 0 unspecified atom stereocenters. The largest absolute Gasteiger partial charge is 0.364 e. The first-order valence-electron chi connectivity index (χ1n) is 4.39. The van der Waals surface area contributed by atoms with Crippen LogP contribution in [0.5, 0.6) is 0 Å². The zero-order valence-electron chi connectivity index (χ0n) is 8.19. The molecule has 0 aromatic carbocycles. The van der Waals surface area contributed by atoms with Crippen LogP contribution in [-0.2, 0) is 7.05 Å². The lowest BCUT2D eigenvalue weighted by Gasteiger charge is -1.99. The number of nitrogens with one attached hydrogen (secondary N) is 1. The number of nitrogens with zero attached hydrogens (tertiary/aromatic N) is 2. The molecule has 5 heteroatoms. The second-order valence-electron chi connectivity index (χ2n) is 3.22. The van der Waals surface area contributed by atoms with Gasteiger partial charge >= 0.3 is 0 Å². The first kappa shape index (κ1) is 9.39. The SMILES string of the molecule is Cn1c(C(N)=O)c(C=N)c2ccncc21. The van der Waals surface area contributed by atoms with Gasteiger partial charge in [0.2, 0.25) is 0 Å². The molecule has 0 radical (unpaired) electrons. The van der Waals surface area contributed by atoms with Crippen molar-refractivity contribution >= 4 is 23.0 Å². The summed E-state index contributed by atoms with van der Waals surface area (Å²) in [6, 6.07) is 1.77. The lowest BCUT2D eigenvalue weighted by Crippen LogP contribution is -2.17. The van der Waals surface area contributed by atoms with Crippen LogP contribution in [-0.4, -0.2) is 21.7 Å². The Morgan fingerprint density at radius 2 is 2.40 bits per heavy atom. The Bertz CT molecular complexity index is 556. The van der Waals surface area contributed by atoms with Gasteiger partial charge in [0, 0.05) is 30.4 Å². The quantitative estimate of drug-likeness (QED) is 0.701. The van der Waals surface area contributed by atoms with Crippen molar-refractivity contribution in [1.82, 2.24) is 9.55 Å². The van der Waals surface area contributed by atoms with E-state index in [0.717, 1.165) is 17.1 Å². The Balaban J connectivity index is 2.96. The molecule has 1 amide bonds. The predicted octanol–water partition coefficient (Wildman–Crippen LogP) is 0.670. The van der Waals surface area contributed by atoms with Gasteiger partial charge in [-0.25, -0.2) is 0 Å². The fourth-order valence-electron chi connectivity index (χ4n) is 1.75. The van der Waals surface area contributed by atoms with Crippen LogP contribution in [0.2, 0.25) is 0 Å². The van der Waals surface area contributed by atoms with Crippen LogP contribution in [0, 0.1) is 5.41 Å². The summed E-state index contributed by atoms with van der Waals surface area (Å²) in [6.07, 6.45) is 4.41. The zero-order valence-corrected chi connectivity index (χ0v) is 8.19. The first-order chi connectivity index (χ1) is 7.16. The summed E-state index contributed by atoms with van der Waals surface area (Å²) in [5.74, 6) is -0.535. The molecule has 0 fully saturated rings. The van der Waals surface area contributed by atoms with Gasteiger partial charge in [0.25, 0.3) is 5.91 Å². The molecule has 0 saturated carbocycles. The van der Waals surface area contributed by atoms with E-state index in [1.54, 1.807) is 30.1 Å². The molecule has 76 valence electrons. The minimum Gasteiger partial charge on any atom is -0.364 e. The van der Waals surface area contributed by atoms with Crippen LogP contribution in [0.3, 0.4) is 0 Å². The Labute approximate surface area is 86.0 Å². The highest BCUT2D eigenvalue weighted by Crippen LogP contribution is 2.22. The Morgan fingerprint density at radius 1 is 1.67 bits per heavy atom. The fraction of sp³-hybridized carbons (Fsp3) is 0.100. The highest BCUT2D eigenvalue weighted by molar-refractivity contribution is 6.10. The summed E-state index contributed by atoms with van der Waals surface area (Å²) >= 11 is 0. The molecule has 2 aromatic rings. The van der Waals surface area contributed by atoms with Crippen LogP contribution in [0.25, 0.3) is 10.9 Å². The van der Waals surface area contributed by atoms with Crippen molar-refractivity contribution in [2.24, 2.45) is 12.8 Å².